The number of anilines is 1. The van der Waals surface area contributed by atoms with E-state index < -0.39 is 0 Å². The van der Waals surface area contributed by atoms with Gasteiger partial charge in [0.2, 0.25) is 5.91 Å². The third-order valence-corrected chi connectivity index (χ3v) is 3.74. The molecule has 0 saturated carbocycles. The lowest BCUT2D eigenvalue weighted by molar-refractivity contribution is -0.116. The number of rotatable bonds is 5. The van der Waals surface area contributed by atoms with Gasteiger partial charge in [0.15, 0.2) is 0 Å². The van der Waals surface area contributed by atoms with Crippen LogP contribution in [0.15, 0.2) is 36.4 Å². The average molecular weight is 322 g/mol. The number of hydrogen-bond donors (Lipinski definition) is 1. The molecule has 3 nitrogen and oxygen atoms in total. The highest BCUT2D eigenvalue weighted by Crippen LogP contribution is 2.31. The molecule has 0 unspecified atom stereocenters. The van der Waals surface area contributed by atoms with Crippen molar-refractivity contribution in [3.8, 4) is 5.75 Å². The fourth-order valence-corrected chi connectivity index (χ4v) is 2.25. The van der Waals surface area contributed by atoms with E-state index in [0.29, 0.717) is 28.4 Å². The van der Waals surface area contributed by atoms with Crippen molar-refractivity contribution in [1.29, 1.82) is 0 Å². The van der Waals surface area contributed by atoms with Crippen LogP contribution in [-0.2, 0) is 11.2 Å². The minimum atomic E-state index is -0.296. The molecule has 0 aromatic heterocycles. The van der Waals surface area contributed by atoms with Gasteiger partial charge >= 0.3 is 0 Å². The molecule has 0 fully saturated rings. The summed E-state index contributed by atoms with van der Waals surface area (Å²) in [5, 5.41) is 3.34. The van der Waals surface area contributed by atoms with Crippen LogP contribution in [0.5, 0.6) is 5.75 Å². The molecule has 0 atom stereocenters. The number of carbonyl (C=O) groups is 1. The molecule has 0 heterocycles. The highest BCUT2D eigenvalue weighted by molar-refractivity contribution is 6.31. The fourth-order valence-electron chi connectivity index (χ4n) is 2.09. The molecule has 1 N–H and O–H groups in total. The first-order valence-corrected chi connectivity index (χ1v) is 7.26. The summed E-state index contributed by atoms with van der Waals surface area (Å²) >= 11 is 6.03. The van der Waals surface area contributed by atoms with Gasteiger partial charge in [-0.1, -0.05) is 29.8 Å². The monoisotopic (exact) mass is 321 g/mol. The Morgan fingerprint density at radius 2 is 2.05 bits per heavy atom. The number of aryl methyl sites for hydroxylation is 2. The Kier molecular flexibility index (Phi) is 5.39. The Hall–Kier alpha value is -2.07. The predicted octanol–water partition coefficient (Wildman–Crippen LogP) is 4.37. The number of carbonyl (C=O) groups excluding carboxylic acids is 1. The van der Waals surface area contributed by atoms with E-state index in [0.717, 1.165) is 5.56 Å². The summed E-state index contributed by atoms with van der Waals surface area (Å²) in [5.74, 6) is -0.00617. The highest BCUT2D eigenvalue weighted by atomic mass is 35.5. The second-order valence-corrected chi connectivity index (χ2v) is 5.35. The quantitative estimate of drug-likeness (QED) is 0.888. The maximum Gasteiger partial charge on any atom is 0.224 e. The molecule has 5 heteroatoms. The first kappa shape index (κ1) is 16.3. The Bertz CT molecular complexity index is 688. The van der Waals surface area contributed by atoms with Crippen LogP contribution in [-0.4, -0.2) is 13.0 Å². The number of hydrogen-bond acceptors (Lipinski definition) is 2. The van der Waals surface area contributed by atoms with Gasteiger partial charge in [0.05, 0.1) is 12.8 Å². The van der Waals surface area contributed by atoms with Crippen molar-refractivity contribution >= 4 is 23.2 Å². The zero-order valence-electron chi connectivity index (χ0n) is 12.5. The molecule has 0 aliphatic rings. The van der Waals surface area contributed by atoms with Gasteiger partial charge in [-0.05, 0) is 36.6 Å². The zero-order valence-corrected chi connectivity index (χ0v) is 13.2. The molecule has 2 rings (SSSR count). The van der Waals surface area contributed by atoms with E-state index in [-0.39, 0.29) is 18.1 Å². The molecule has 2 aromatic rings. The van der Waals surface area contributed by atoms with Crippen LogP contribution >= 0.6 is 11.6 Å². The second kappa shape index (κ2) is 7.27. The van der Waals surface area contributed by atoms with Crippen LogP contribution in [0.1, 0.15) is 17.5 Å². The summed E-state index contributed by atoms with van der Waals surface area (Å²) in [7, 11) is 1.51. The van der Waals surface area contributed by atoms with Gasteiger partial charge in [-0.25, -0.2) is 4.39 Å². The predicted molar refractivity (Wildman–Crippen MR) is 86.1 cm³/mol. The summed E-state index contributed by atoms with van der Waals surface area (Å²) in [4.78, 5) is 12.0. The summed E-state index contributed by atoms with van der Waals surface area (Å²) in [5.41, 5.74) is 1.92. The molecule has 0 spiro atoms. The number of benzene rings is 2. The number of nitrogens with one attached hydrogen (secondary N) is 1. The maximum atomic E-state index is 13.5. The molecule has 2 aromatic carbocycles. The van der Waals surface area contributed by atoms with Gasteiger partial charge in [0.1, 0.15) is 11.6 Å². The van der Waals surface area contributed by atoms with E-state index in [4.69, 9.17) is 16.3 Å². The Morgan fingerprint density at radius 3 is 2.73 bits per heavy atom. The average Bonchev–Trinajstić information content (AvgIpc) is 2.50. The Morgan fingerprint density at radius 1 is 1.32 bits per heavy atom. The molecule has 116 valence electrons. The van der Waals surface area contributed by atoms with E-state index in [9.17, 15) is 9.18 Å². The van der Waals surface area contributed by atoms with E-state index in [1.165, 1.54) is 13.2 Å². The third kappa shape index (κ3) is 3.98. The number of ether oxygens (including phenoxy) is 1. The summed E-state index contributed by atoms with van der Waals surface area (Å²) in [6.45, 7) is 1.84. The van der Waals surface area contributed by atoms with E-state index >= 15 is 0 Å². The van der Waals surface area contributed by atoms with Gasteiger partial charge in [0.25, 0.3) is 0 Å². The Balaban J connectivity index is 2.03. The molecular weight excluding hydrogens is 305 g/mol. The van der Waals surface area contributed by atoms with Crippen molar-refractivity contribution < 1.29 is 13.9 Å². The minimum absolute atomic E-state index is 0.186. The SMILES string of the molecule is COc1cc(Cl)c(C)cc1NC(=O)CCc1ccccc1F. The number of amides is 1. The van der Waals surface area contributed by atoms with Gasteiger partial charge < -0.3 is 10.1 Å². The first-order valence-electron chi connectivity index (χ1n) is 6.88. The van der Waals surface area contributed by atoms with Crippen molar-refractivity contribution in [2.75, 3.05) is 12.4 Å². The lowest BCUT2D eigenvalue weighted by Gasteiger charge is -2.12. The molecule has 22 heavy (non-hydrogen) atoms. The van der Waals surface area contributed by atoms with Gasteiger partial charge in [0, 0.05) is 17.5 Å². The van der Waals surface area contributed by atoms with Gasteiger partial charge in [-0.3, -0.25) is 4.79 Å². The summed E-state index contributed by atoms with van der Waals surface area (Å²) in [6, 6.07) is 9.85. The van der Waals surface area contributed by atoms with Crippen molar-refractivity contribution in [2.24, 2.45) is 0 Å². The lowest BCUT2D eigenvalue weighted by atomic mass is 10.1. The normalized spacial score (nSPS) is 10.4. The second-order valence-electron chi connectivity index (χ2n) is 4.94. The molecular formula is C17H17ClFNO2. The smallest absolute Gasteiger partial charge is 0.224 e. The maximum absolute atomic E-state index is 13.5. The lowest BCUT2D eigenvalue weighted by Crippen LogP contribution is -2.13. The number of halogens is 2. The Labute approximate surface area is 134 Å². The van der Waals surface area contributed by atoms with Crippen LogP contribution in [0.2, 0.25) is 5.02 Å². The zero-order chi connectivity index (χ0) is 16.1. The van der Waals surface area contributed by atoms with E-state index in [1.807, 2.05) is 6.92 Å². The summed E-state index contributed by atoms with van der Waals surface area (Å²) < 4.78 is 18.7. The van der Waals surface area contributed by atoms with Crippen LogP contribution in [0.25, 0.3) is 0 Å². The molecule has 0 aliphatic carbocycles. The van der Waals surface area contributed by atoms with Crippen LogP contribution in [0, 0.1) is 12.7 Å². The highest BCUT2D eigenvalue weighted by Gasteiger charge is 2.11. The van der Waals surface area contributed by atoms with E-state index in [2.05, 4.69) is 5.32 Å². The molecule has 0 bridgehead atoms. The minimum Gasteiger partial charge on any atom is -0.495 e. The van der Waals surface area contributed by atoms with Crippen molar-refractivity contribution in [3.63, 3.8) is 0 Å². The largest absolute Gasteiger partial charge is 0.495 e. The number of methoxy groups -OCH3 is 1. The van der Waals surface area contributed by atoms with Crippen LogP contribution in [0.3, 0.4) is 0 Å². The van der Waals surface area contributed by atoms with Gasteiger partial charge in [-0.2, -0.15) is 0 Å². The third-order valence-electron chi connectivity index (χ3n) is 3.33. The van der Waals surface area contributed by atoms with E-state index in [1.54, 1.807) is 30.3 Å². The topological polar surface area (TPSA) is 38.3 Å². The van der Waals surface area contributed by atoms with Crippen LogP contribution in [0.4, 0.5) is 10.1 Å². The molecule has 1 amide bonds. The van der Waals surface area contributed by atoms with Crippen molar-refractivity contribution in [3.05, 3.63) is 58.4 Å². The first-order chi connectivity index (χ1) is 10.5. The van der Waals surface area contributed by atoms with Crippen molar-refractivity contribution in [1.82, 2.24) is 0 Å². The molecule has 0 radical (unpaired) electrons. The molecule has 0 saturated heterocycles. The van der Waals surface area contributed by atoms with Crippen LogP contribution < -0.4 is 10.1 Å². The van der Waals surface area contributed by atoms with Crippen molar-refractivity contribution in [2.45, 2.75) is 19.8 Å². The molecule has 0 aliphatic heterocycles. The summed E-state index contributed by atoms with van der Waals surface area (Å²) in [6.07, 6.45) is 0.527. The fraction of sp³-hybridized carbons (Fsp3) is 0.235. The van der Waals surface area contributed by atoms with Gasteiger partial charge in [-0.15, -0.1) is 0 Å². The standard InChI is InChI=1S/C17H17ClFNO2/c1-11-9-15(16(22-2)10-13(11)18)20-17(21)8-7-12-5-3-4-6-14(12)19/h3-6,9-10H,7-8H2,1-2H3,(H,20,21).